The topological polar surface area (TPSA) is 0 Å². The molecule has 0 heterocycles. The maximum atomic E-state index is 3.58. The van der Waals surface area contributed by atoms with Crippen LogP contribution in [-0.2, 0) is 0 Å². The Labute approximate surface area is 163 Å². The van der Waals surface area contributed by atoms with Gasteiger partial charge in [0.1, 0.15) is 0 Å². The minimum atomic E-state index is 1.18. The normalized spacial score (nSPS) is 11.6. The van der Waals surface area contributed by atoms with Crippen LogP contribution in [0.2, 0.25) is 0 Å². The van der Waals surface area contributed by atoms with E-state index in [1.807, 2.05) is 0 Å². The average molecular weight is 353 g/mol. The van der Waals surface area contributed by atoms with E-state index in [1.165, 1.54) is 54.2 Å². The Balaban J connectivity index is 1.83. The quantitative estimate of drug-likeness (QED) is 0.265. The van der Waals surface area contributed by atoms with Crippen molar-refractivity contribution in [1.29, 1.82) is 0 Å². The first-order valence-electron chi connectivity index (χ1n) is 9.62. The van der Waals surface area contributed by atoms with E-state index >= 15 is 0 Å². The highest BCUT2D eigenvalue weighted by Crippen LogP contribution is 2.40. The summed E-state index contributed by atoms with van der Waals surface area (Å²) >= 11 is 0. The number of rotatable bonds is 1. The van der Waals surface area contributed by atoms with Crippen molar-refractivity contribution in [1.82, 2.24) is 0 Å². The molecule has 0 saturated heterocycles. The van der Waals surface area contributed by atoms with Crippen molar-refractivity contribution in [3.05, 3.63) is 109 Å². The average Bonchev–Trinajstić information content (AvgIpc) is 2.76. The second-order valence-electron chi connectivity index (χ2n) is 7.33. The van der Waals surface area contributed by atoms with Gasteiger partial charge in [-0.05, 0) is 78.5 Å². The third-order valence-corrected chi connectivity index (χ3v) is 5.70. The van der Waals surface area contributed by atoms with Crippen LogP contribution in [0.25, 0.3) is 54.2 Å². The maximum absolute atomic E-state index is 3.58. The second kappa shape index (κ2) is 5.94. The third-order valence-electron chi connectivity index (χ3n) is 5.70. The smallest absolute Gasteiger partial charge is 0.00139 e. The van der Waals surface area contributed by atoms with Gasteiger partial charge in [-0.25, -0.2) is 0 Å². The van der Waals surface area contributed by atoms with Crippen molar-refractivity contribution in [3.8, 4) is 11.1 Å². The number of hydrogen-bond acceptors (Lipinski definition) is 0. The Bertz CT molecular complexity index is 1450. The predicted octanol–water partition coefficient (Wildman–Crippen LogP) is 7.77. The van der Waals surface area contributed by atoms with E-state index in [2.05, 4.69) is 109 Å². The lowest BCUT2D eigenvalue weighted by Gasteiger charge is -2.14. The van der Waals surface area contributed by atoms with E-state index in [1.54, 1.807) is 0 Å². The Kier molecular flexibility index (Phi) is 3.27. The molecule has 0 aliphatic carbocycles. The summed E-state index contributed by atoms with van der Waals surface area (Å²) in [6, 6.07) is 40.6. The highest BCUT2D eigenvalue weighted by molar-refractivity contribution is 6.17. The van der Waals surface area contributed by atoms with Gasteiger partial charge in [0.15, 0.2) is 0 Å². The summed E-state index contributed by atoms with van der Waals surface area (Å²) in [7, 11) is 0. The van der Waals surface area contributed by atoms with Crippen molar-refractivity contribution in [2.45, 2.75) is 0 Å². The monoisotopic (exact) mass is 353 g/mol. The molecule has 1 radical (unpaired) electrons. The lowest BCUT2D eigenvalue weighted by molar-refractivity contribution is 1.70. The second-order valence-corrected chi connectivity index (χ2v) is 7.33. The fourth-order valence-electron chi connectivity index (χ4n) is 4.39. The molecule has 0 aliphatic rings. The van der Waals surface area contributed by atoms with Crippen LogP contribution >= 0.6 is 0 Å². The molecule has 0 bridgehead atoms. The first kappa shape index (κ1) is 15.4. The van der Waals surface area contributed by atoms with Crippen LogP contribution in [-0.4, -0.2) is 0 Å². The van der Waals surface area contributed by atoms with Gasteiger partial charge in [-0.1, -0.05) is 84.9 Å². The van der Waals surface area contributed by atoms with Gasteiger partial charge in [0.05, 0.1) is 0 Å². The fourth-order valence-corrected chi connectivity index (χ4v) is 4.39. The molecule has 6 aromatic rings. The molecule has 0 N–H and O–H groups in total. The lowest BCUT2D eigenvalue weighted by atomic mass is 9.89. The molecule has 0 spiro atoms. The highest BCUT2D eigenvalue weighted by Gasteiger charge is 2.13. The molecule has 0 atom stereocenters. The van der Waals surface area contributed by atoms with E-state index in [0.717, 1.165) is 0 Å². The fraction of sp³-hybridized carbons (Fsp3) is 0. The molecular formula is C28H17. The van der Waals surface area contributed by atoms with Gasteiger partial charge >= 0.3 is 0 Å². The summed E-state index contributed by atoms with van der Waals surface area (Å²) in [6.07, 6.45) is 0. The predicted molar refractivity (Wildman–Crippen MR) is 121 cm³/mol. The van der Waals surface area contributed by atoms with E-state index in [4.69, 9.17) is 0 Å². The van der Waals surface area contributed by atoms with Crippen molar-refractivity contribution < 1.29 is 0 Å². The van der Waals surface area contributed by atoms with Gasteiger partial charge in [-0.2, -0.15) is 0 Å². The summed E-state index contributed by atoms with van der Waals surface area (Å²) in [6.45, 7) is 0. The summed E-state index contributed by atoms with van der Waals surface area (Å²) in [5.74, 6) is 0. The van der Waals surface area contributed by atoms with Crippen molar-refractivity contribution in [2.75, 3.05) is 0 Å². The number of hydrogen-bond donors (Lipinski definition) is 0. The van der Waals surface area contributed by atoms with Crippen LogP contribution in [0, 0.1) is 6.07 Å². The van der Waals surface area contributed by atoms with Gasteiger partial charge < -0.3 is 0 Å². The third kappa shape index (κ3) is 2.25. The molecule has 0 nitrogen and oxygen atoms in total. The Morgan fingerprint density at radius 1 is 0.429 bits per heavy atom. The van der Waals surface area contributed by atoms with Gasteiger partial charge in [0.2, 0.25) is 0 Å². The minimum Gasteiger partial charge on any atom is -0.0616 e. The SMILES string of the molecule is [c]1ccc2cc3ccccc3cc2c1-c1c2ccccc2cc2ccccc12. The van der Waals surface area contributed by atoms with Gasteiger partial charge in [-0.3, -0.25) is 0 Å². The largest absolute Gasteiger partial charge is 0.0616 e. The lowest BCUT2D eigenvalue weighted by Crippen LogP contribution is -1.88. The van der Waals surface area contributed by atoms with Crippen molar-refractivity contribution in [2.24, 2.45) is 0 Å². The van der Waals surface area contributed by atoms with E-state index in [9.17, 15) is 0 Å². The molecule has 6 rings (SSSR count). The number of benzene rings is 6. The Morgan fingerprint density at radius 2 is 0.929 bits per heavy atom. The number of fused-ring (bicyclic) bond motifs is 4. The zero-order valence-corrected chi connectivity index (χ0v) is 15.3. The van der Waals surface area contributed by atoms with Crippen LogP contribution < -0.4 is 0 Å². The molecule has 129 valence electrons. The Morgan fingerprint density at radius 3 is 1.61 bits per heavy atom. The van der Waals surface area contributed by atoms with E-state index in [0.29, 0.717) is 0 Å². The molecule has 0 amide bonds. The Hall–Kier alpha value is -3.64. The molecule has 6 aromatic carbocycles. The molecule has 0 saturated carbocycles. The summed E-state index contributed by atoms with van der Waals surface area (Å²) in [5.41, 5.74) is 2.45. The van der Waals surface area contributed by atoms with Crippen LogP contribution in [0.3, 0.4) is 0 Å². The van der Waals surface area contributed by atoms with Gasteiger partial charge in [0, 0.05) is 0 Å². The zero-order chi connectivity index (χ0) is 18.5. The van der Waals surface area contributed by atoms with Crippen molar-refractivity contribution in [3.63, 3.8) is 0 Å². The first-order valence-corrected chi connectivity index (χ1v) is 9.62. The molecule has 0 fully saturated rings. The van der Waals surface area contributed by atoms with Crippen molar-refractivity contribution >= 4 is 43.1 Å². The van der Waals surface area contributed by atoms with E-state index in [-0.39, 0.29) is 0 Å². The van der Waals surface area contributed by atoms with Crippen LogP contribution in [0.15, 0.2) is 103 Å². The standard InChI is InChI=1S/C28H17/c1-2-9-20-18-27-23(16-19(20)8-1)12-7-15-26(27)28-24-13-5-3-10-21(24)17-22-11-4-6-14-25(22)28/h1-14,16-18H. The zero-order valence-electron chi connectivity index (χ0n) is 15.3. The van der Waals surface area contributed by atoms with Gasteiger partial charge in [-0.15, -0.1) is 0 Å². The van der Waals surface area contributed by atoms with Crippen LogP contribution in [0.5, 0.6) is 0 Å². The molecular weight excluding hydrogens is 336 g/mol. The summed E-state index contributed by atoms with van der Waals surface area (Å²) in [4.78, 5) is 0. The van der Waals surface area contributed by atoms with Gasteiger partial charge in [0.25, 0.3) is 0 Å². The molecule has 0 aliphatic heterocycles. The minimum absolute atomic E-state index is 1.18. The summed E-state index contributed by atoms with van der Waals surface area (Å²) in [5, 5.41) is 10.1. The first-order chi connectivity index (χ1) is 13.9. The molecule has 0 aromatic heterocycles. The van der Waals surface area contributed by atoms with Crippen LogP contribution in [0.1, 0.15) is 0 Å². The molecule has 0 unspecified atom stereocenters. The highest BCUT2D eigenvalue weighted by atomic mass is 14.2. The maximum Gasteiger partial charge on any atom is -0.00139 e. The molecule has 28 heavy (non-hydrogen) atoms. The molecule has 0 heteroatoms. The summed E-state index contributed by atoms with van der Waals surface area (Å²) < 4.78 is 0. The van der Waals surface area contributed by atoms with Crippen LogP contribution in [0.4, 0.5) is 0 Å². The van der Waals surface area contributed by atoms with E-state index < -0.39 is 0 Å².